The van der Waals surface area contributed by atoms with E-state index in [0.29, 0.717) is 9.75 Å². The van der Waals surface area contributed by atoms with Crippen LogP contribution < -0.4 is 21.7 Å². The Kier molecular flexibility index (Phi) is 3.46. The second kappa shape index (κ2) is 5.36. The average molecular weight is 347 g/mol. The fraction of sp³-hybridized carbons (Fsp3) is 0.154. The highest BCUT2D eigenvalue weighted by molar-refractivity contribution is 7.12. The molecule has 0 aliphatic carbocycles. The van der Waals surface area contributed by atoms with Crippen LogP contribution in [0.2, 0.25) is 0 Å². The minimum Gasteiger partial charge on any atom is -0.424 e. The van der Waals surface area contributed by atoms with Gasteiger partial charge in [0.05, 0.1) is 21.3 Å². The van der Waals surface area contributed by atoms with Crippen molar-refractivity contribution in [3.8, 4) is 11.9 Å². The minimum atomic E-state index is -0.961. The Labute approximate surface area is 137 Å². The lowest BCUT2D eigenvalue weighted by Gasteiger charge is -2.23. The van der Waals surface area contributed by atoms with Gasteiger partial charge in [0.15, 0.2) is 0 Å². The van der Waals surface area contributed by atoms with Crippen LogP contribution in [0.15, 0.2) is 27.1 Å². The van der Waals surface area contributed by atoms with Crippen molar-refractivity contribution in [2.45, 2.75) is 12.8 Å². The molecule has 122 valence electrons. The van der Waals surface area contributed by atoms with Crippen LogP contribution >= 0.6 is 11.3 Å². The summed E-state index contributed by atoms with van der Waals surface area (Å²) in [7, 11) is 0. The van der Waals surface area contributed by atoms with E-state index in [1.165, 1.54) is 6.07 Å². The van der Waals surface area contributed by atoms with Crippen LogP contribution in [0.3, 0.4) is 0 Å². The third-order valence-corrected chi connectivity index (χ3v) is 4.62. The van der Waals surface area contributed by atoms with Gasteiger partial charge in [0, 0.05) is 10.9 Å². The van der Waals surface area contributed by atoms with Crippen molar-refractivity contribution < 1.29 is 9.66 Å². The van der Waals surface area contributed by atoms with Crippen molar-refractivity contribution in [1.82, 2.24) is 9.97 Å². The van der Waals surface area contributed by atoms with Gasteiger partial charge >= 0.3 is 5.69 Å². The molecule has 1 aliphatic heterocycles. The van der Waals surface area contributed by atoms with Crippen molar-refractivity contribution >= 4 is 17.0 Å². The number of H-pyrrole nitrogens is 2. The minimum absolute atomic E-state index is 0.0310. The number of fused-ring (bicyclic) bond motifs is 1. The molecule has 2 aromatic rings. The Morgan fingerprint density at radius 1 is 1.46 bits per heavy atom. The smallest absolute Gasteiger partial charge is 0.328 e. The highest BCUT2D eigenvalue weighted by Gasteiger charge is 2.36. The first kappa shape index (κ1) is 15.5. The van der Waals surface area contributed by atoms with E-state index in [1.807, 2.05) is 6.07 Å². The van der Waals surface area contributed by atoms with E-state index in [-0.39, 0.29) is 28.6 Å². The molecule has 1 aliphatic rings. The molecule has 3 heterocycles. The lowest BCUT2D eigenvalue weighted by Crippen LogP contribution is -2.33. The molecule has 2 aromatic heterocycles. The Balaban J connectivity index is 2.32. The molecule has 0 saturated carbocycles. The molecule has 3 rings (SSSR count). The van der Waals surface area contributed by atoms with Crippen molar-refractivity contribution in [3.63, 3.8) is 0 Å². The number of hydrogen-bond acceptors (Lipinski definition) is 8. The predicted octanol–water partition coefficient (Wildman–Crippen LogP) is 0.560. The summed E-state index contributed by atoms with van der Waals surface area (Å²) in [6.45, 7) is 1.56. The summed E-state index contributed by atoms with van der Waals surface area (Å²) < 4.78 is 5.16. The van der Waals surface area contributed by atoms with Crippen LogP contribution in [0.1, 0.15) is 21.2 Å². The summed E-state index contributed by atoms with van der Waals surface area (Å²) in [6, 6.07) is 3.15. The molecule has 4 N–H and O–H groups in total. The summed E-state index contributed by atoms with van der Waals surface area (Å²) in [6.07, 6.45) is 0. The molecule has 0 unspecified atom stereocenters. The normalized spacial score (nSPS) is 16.2. The zero-order valence-corrected chi connectivity index (χ0v) is 12.9. The molecule has 24 heavy (non-hydrogen) atoms. The zero-order chi connectivity index (χ0) is 17.6. The molecule has 10 nitrogen and oxygen atoms in total. The monoisotopic (exact) mass is 347 g/mol. The third-order valence-electron chi connectivity index (χ3n) is 3.51. The quantitative estimate of drug-likeness (QED) is 0.526. The fourth-order valence-corrected chi connectivity index (χ4v) is 3.61. The van der Waals surface area contributed by atoms with Crippen molar-refractivity contribution in [2.75, 3.05) is 0 Å². The van der Waals surface area contributed by atoms with E-state index in [1.54, 1.807) is 6.92 Å². The number of ether oxygens (including phenoxy) is 1. The Morgan fingerprint density at radius 2 is 2.17 bits per heavy atom. The number of aromatic nitrogens is 2. The Morgan fingerprint density at radius 3 is 2.75 bits per heavy atom. The van der Waals surface area contributed by atoms with Gasteiger partial charge in [0.25, 0.3) is 11.2 Å². The van der Waals surface area contributed by atoms with Crippen molar-refractivity contribution in [1.29, 1.82) is 5.26 Å². The molecule has 11 heteroatoms. The van der Waals surface area contributed by atoms with Gasteiger partial charge in [0.2, 0.25) is 11.8 Å². The fourth-order valence-electron chi connectivity index (χ4n) is 2.49. The van der Waals surface area contributed by atoms with Gasteiger partial charge in [-0.2, -0.15) is 5.26 Å². The molecule has 0 fully saturated rings. The van der Waals surface area contributed by atoms with Gasteiger partial charge in [-0.05, 0) is 6.92 Å². The number of aryl methyl sites for hydroxylation is 1. The Hall–Kier alpha value is -3.39. The van der Waals surface area contributed by atoms with Gasteiger partial charge in [0.1, 0.15) is 11.6 Å². The topological polar surface area (TPSA) is 168 Å². The van der Waals surface area contributed by atoms with Crippen LogP contribution in [0.5, 0.6) is 5.88 Å². The highest BCUT2D eigenvalue weighted by atomic mass is 32.1. The molecule has 0 saturated heterocycles. The zero-order valence-electron chi connectivity index (χ0n) is 12.1. The molecule has 1 atom stereocenters. The molecular formula is C13H9N5O5S. The van der Waals surface area contributed by atoms with Crippen LogP contribution in [0.25, 0.3) is 0 Å². The lowest BCUT2D eigenvalue weighted by molar-refractivity contribution is -0.385. The van der Waals surface area contributed by atoms with E-state index in [9.17, 15) is 25.0 Å². The maximum atomic E-state index is 12.2. The van der Waals surface area contributed by atoms with Crippen LogP contribution in [0, 0.1) is 28.4 Å². The Bertz CT molecular complexity index is 1050. The van der Waals surface area contributed by atoms with E-state index in [2.05, 4.69) is 9.97 Å². The van der Waals surface area contributed by atoms with Gasteiger partial charge in [-0.25, -0.2) is 4.79 Å². The molecule has 0 bridgehead atoms. The second-order valence-corrected chi connectivity index (χ2v) is 6.21. The number of allylic oxidation sites excluding steroid dienone is 1. The number of nitrogens with two attached hydrogens (primary N) is 1. The molecule has 0 amide bonds. The number of nitriles is 1. The number of nitro groups is 1. The maximum absolute atomic E-state index is 12.2. The number of hydrogen-bond donors (Lipinski definition) is 3. The number of aromatic amines is 2. The standard InChI is InChI=1S/C13H9N5O5S/c1-4-6(18(21)22)2-7(24-4)8-5(3-14)10(15)23-12-9(8)11(19)16-13(20)17-12/h2,8H,15H2,1H3,(H2,16,17,19,20)/t8-/m0/s1. The van der Waals surface area contributed by atoms with Crippen LogP contribution in [-0.4, -0.2) is 14.9 Å². The number of rotatable bonds is 2. The largest absolute Gasteiger partial charge is 0.424 e. The van der Waals surface area contributed by atoms with Crippen molar-refractivity contribution in [2.24, 2.45) is 5.73 Å². The number of thiophene rings is 1. The van der Waals surface area contributed by atoms with Crippen LogP contribution in [0.4, 0.5) is 5.69 Å². The van der Waals surface area contributed by atoms with E-state index in [0.717, 1.165) is 11.3 Å². The second-order valence-electron chi connectivity index (χ2n) is 4.92. The average Bonchev–Trinajstić information content (AvgIpc) is 2.87. The lowest BCUT2D eigenvalue weighted by atomic mass is 9.90. The molecule has 0 spiro atoms. The molecule has 0 radical (unpaired) electrons. The van der Waals surface area contributed by atoms with Crippen molar-refractivity contribution in [3.05, 3.63) is 63.8 Å². The van der Waals surface area contributed by atoms with Gasteiger partial charge in [-0.1, -0.05) is 0 Å². The maximum Gasteiger partial charge on any atom is 0.328 e. The van der Waals surface area contributed by atoms with Gasteiger partial charge < -0.3 is 10.5 Å². The summed E-state index contributed by atoms with van der Waals surface area (Å²) >= 11 is 1.06. The van der Waals surface area contributed by atoms with Crippen LogP contribution in [-0.2, 0) is 0 Å². The van der Waals surface area contributed by atoms with Gasteiger partial charge in [-0.3, -0.25) is 24.9 Å². The predicted molar refractivity (Wildman–Crippen MR) is 82.7 cm³/mol. The van der Waals surface area contributed by atoms with E-state index < -0.39 is 22.1 Å². The summed E-state index contributed by atoms with van der Waals surface area (Å²) in [5.41, 5.74) is 3.94. The first-order valence-electron chi connectivity index (χ1n) is 6.52. The van der Waals surface area contributed by atoms with Gasteiger partial charge in [-0.15, -0.1) is 11.3 Å². The number of nitrogens with zero attached hydrogens (tertiary/aromatic N) is 2. The molecule has 0 aromatic carbocycles. The SMILES string of the molecule is Cc1sc([C@@H]2C(C#N)=C(N)Oc3[nH]c(=O)[nH]c(=O)c32)cc1[N+](=O)[O-]. The molecular weight excluding hydrogens is 338 g/mol. The third kappa shape index (κ3) is 2.25. The first-order valence-corrected chi connectivity index (χ1v) is 7.34. The van der Waals surface area contributed by atoms with E-state index in [4.69, 9.17) is 10.5 Å². The summed E-state index contributed by atoms with van der Waals surface area (Å²) in [4.78, 5) is 39.3. The van der Waals surface area contributed by atoms with E-state index >= 15 is 0 Å². The number of nitrogens with one attached hydrogen (secondary N) is 2. The summed E-state index contributed by atoms with van der Waals surface area (Å²) in [5, 5.41) is 20.4. The highest BCUT2D eigenvalue weighted by Crippen LogP contribution is 2.43. The first-order chi connectivity index (χ1) is 11.3. The summed E-state index contributed by atoms with van der Waals surface area (Å²) in [5.74, 6) is -1.42.